The lowest BCUT2D eigenvalue weighted by molar-refractivity contribution is 0.0785. The Labute approximate surface area is 108 Å². The summed E-state index contributed by atoms with van der Waals surface area (Å²) in [4.78, 5) is 13.7. The maximum atomic E-state index is 12.1. The van der Waals surface area contributed by atoms with Gasteiger partial charge < -0.3 is 15.4 Å². The molecular weight excluding hydrogens is 228 g/mol. The second-order valence-corrected chi connectivity index (χ2v) is 3.71. The van der Waals surface area contributed by atoms with Crippen molar-refractivity contribution in [2.75, 3.05) is 25.4 Å². The first kappa shape index (κ1) is 13.9. The number of benzene rings is 1. The van der Waals surface area contributed by atoms with Gasteiger partial charge in [0.1, 0.15) is 5.75 Å². The molecule has 1 rings (SSSR count). The topological polar surface area (TPSA) is 55.6 Å². The van der Waals surface area contributed by atoms with Crippen molar-refractivity contribution in [2.45, 2.75) is 13.8 Å². The van der Waals surface area contributed by atoms with Gasteiger partial charge in [-0.25, -0.2) is 0 Å². The minimum Gasteiger partial charge on any atom is -0.492 e. The largest absolute Gasteiger partial charge is 0.492 e. The molecule has 0 aliphatic heterocycles. The molecule has 1 aromatic carbocycles. The Morgan fingerprint density at radius 2 is 2.22 bits per heavy atom. The maximum Gasteiger partial charge on any atom is 0.254 e. The molecule has 96 valence electrons. The Kier molecular flexibility index (Phi) is 5.06. The van der Waals surface area contributed by atoms with Crippen LogP contribution in [0.4, 0.5) is 5.69 Å². The molecule has 0 bridgehead atoms. The van der Waals surface area contributed by atoms with E-state index >= 15 is 0 Å². The minimum absolute atomic E-state index is 0.120. The summed E-state index contributed by atoms with van der Waals surface area (Å²) in [6.07, 6.45) is 5.23. The molecule has 0 saturated heterocycles. The zero-order valence-corrected chi connectivity index (χ0v) is 10.8. The molecule has 4 heteroatoms. The number of nitrogen functional groups attached to an aromatic ring is 1. The predicted octanol–water partition coefficient (Wildman–Crippen LogP) is 1.76. The number of carbonyl (C=O) groups excluding carboxylic acids is 1. The Morgan fingerprint density at radius 3 is 2.72 bits per heavy atom. The number of amides is 1. The van der Waals surface area contributed by atoms with E-state index in [1.54, 1.807) is 23.1 Å². The molecule has 18 heavy (non-hydrogen) atoms. The van der Waals surface area contributed by atoms with Gasteiger partial charge in [-0.2, -0.15) is 0 Å². The highest BCUT2D eigenvalue weighted by Gasteiger charge is 2.14. The molecule has 0 spiro atoms. The molecule has 0 aliphatic carbocycles. The van der Waals surface area contributed by atoms with E-state index in [0.717, 1.165) is 0 Å². The van der Waals surface area contributed by atoms with Crippen molar-refractivity contribution in [3.63, 3.8) is 0 Å². The first-order valence-corrected chi connectivity index (χ1v) is 5.89. The molecule has 1 aromatic rings. The van der Waals surface area contributed by atoms with Gasteiger partial charge >= 0.3 is 0 Å². The third kappa shape index (κ3) is 3.17. The highest BCUT2D eigenvalue weighted by Crippen LogP contribution is 2.23. The summed E-state index contributed by atoms with van der Waals surface area (Å²) < 4.78 is 5.32. The summed E-state index contributed by atoms with van der Waals surface area (Å²) in [5.74, 6) is 2.94. The van der Waals surface area contributed by atoms with E-state index in [9.17, 15) is 4.79 Å². The third-order valence-corrected chi connectivity index (χ3v) is 2.51. The van der Waals surface area contributed by atoms with Crippen molar-refractivity contribution in [2.24, 2.45) is 0 Å². The van der Waals surface area contributed by atoms with Crippen LogP contribution in [0.15, 0.2) is 18.2 Å². The van der Waals surface area contributed by atoms with Gasteiger partial charge in [-0.05, 0) is 32.0 Å². The van der Waals surface area contributed by atoms with Crippen molar-refractivity contribution in [3.8, 4) is 18.1 Å². The summed E-state index contributed by atoms with van der Waals surface area (Å²) in [7, 11) is 0. The Hall–Kier alpha value is -2.15. The Bertz CT molecular complexity index is 463. The number of nitrogens with zero attached hydrogens (tertiary/aromatic N) is 1. The number of rotatable bonds is 5. The normalized spacial score (nSPS) is 9.61. The highest BCUT2D eigenvalue weighted by molar-refractivity contribution is 5.95. The first-order chi connectivity index (χ1) is 8.63. The number of hydrogen-bond donors (Lipinski definition) is 1. The maximum absolute atomic E-state index is 12.1. The van der Waals surface area contributed by atoms with E-state index in [-0.39, 0.29) is 5.91 Å². The van der Waals surface area contributed by atoms with Gasteiger partial charge in [0.2, 0.25) is 0 Å². The van der Waals surface area contributed by atoms with Crippen LogP contribution in [0.2, 0.25) is 0 Å². The Morgan fingerprint density at radius 1 is 1.50 bits per heavy atom. The first-order valence-electron chi connectivity index (χ1n) is 5.89. The van der Waals surface area contributed by atoms with Gasteiger partial charge in [-0.3, -0.25) is 4.79 Å². The number of ether oxygens (including phenoxy) is 1. The molecule has 0 saturated carbocycles. The summed E-state index contributed by atoms with van der Waals surface area (Å²) in [5, 5.41) is 0. The molecule has 0 radical (unpaired) electrons. The van der Waals surface area contributed by atoms with E-state index in [1.165, 1.54) is 0 Å². The lowest BCUT2D eigenvalue weighted by Gasteiger charge is -2.18. The third-order valence-electron chi connectivity index (χ3n) is 2.51. The monoisotopic (exact) mass is 246 g/mol. The average molecular weight is 246 g/mol. The molecule has 0 atom stereocenters. The molecule has 1 amide bonds. The van der Waals surface area contributed by atoms with Gasteiger partial charge in [0.15, 0.2) is 0 Å². The zero-order chi connectivity index (χ0) is 13.5. The van der Waals surface area contributed by atoms with Crippen molar-refractivity contribution >= 4 is 11.6 Å². The van der Waals surface area contributed by atoms with Gasteiger partial charge in [0.25, 0.3) is 5.91 Å². The molecule has 0 aromatic heterocycles. The van der Waals surface area contributed by atoms with Crippen molar-refractivity contribution < 1.29 is 9.53 Å². The average Bonchev–Trinajstić information content (AvgIpc) is 2.37. The van der Waals surface area contributed by atoms with E-state index in [1.807, 2.05) is 13.8 Å². The SMILES string of the molecule is C#CCN(CC)C(=O)c1ccc(OCC)c(N)c1. The highest BCUT2D eigenvalue weighted by atomic mass is 16.5. The Balaban J connectivity index is 2.93. The molecule has 0 heterocycles. The molecule has 0 unspecified atom stereocenters. The smallest absolute Gasteiger partial charge is 0.254 e. The standard InChI is InChI=1S/C14H18N2O2/c1-4-9-16(5-2)14(17)11-7-8-13(18-6-3)12(15)10-11/h1,7-8,10H,5-6,9,15H2,2-3H3. The fourth-order valence-corrected chi connectivity index (χ4v) is 1.59. The zero-order valence-electron chi connectivity index (χ0n) is 10.8. The minimum atomic E-state index is -0.120. The number of terminal acetylenes is 1. The van der Waals surface area contributed by atoms with Crippen LogP contribution < -0.4 is 10.5 Å². The molecular formula is C14H18N2O2. The van der Waals surface area contributed by atoms with Crippen LogP contribution in [0.25, 0.3) is 0 Å². The van der Waals surface area contributed by atoms with E-state index < -0.39 is 0 Å². The van der Waals surface area contributed by atoms with Crippen LogP contribution in [0.1, 0.15) is 24.2 Å². The van der Waals surface area contributed by atoms with Crippen LogP contribution in [-0.4, -0.2) is 30.5 Å². The van der Waals surface area contributed by atoms with E-state index in [0.29, 0.717) is 36.7 Å². The van der Waals surface area contributed by atoms with Crippen LogP contribution in [0.5, 0.6) is 5.75 Å². The fourth-order valence-electron chi connectivity index (χ4n) is 1.59. The number of carbonyl (C=O) groups is 1. The molecule has 2 N–H and O–H groups in total. The quantitative estimate of drug-likeness (QED) is 0.636. The summed E-state index contributed by atoms with van der Waals surface area (Å²) in [5.41, 5.74) is 6.80. The van der Waals surface area contributed by atoms with Crippen LogP contribution in [0, 0.1) is 12.3 Å². The van der Waals surface area contributed by atoms with Crippen LogP contribution in [-0.2, 0) is 0 Å². The van der Waals surface area contributed by atoms with Gasteiger partial charge in [-0.15, -0.1) is 6.42 Å². The van der Waals surface area contributed by atoms with Crippen molar-refractivity contribution in [3.05, 3.63) is 23.8 Å². The van der Waals surface area contributed by atoms with E-state index in [4.69, 9.17) is 16.9 Å². The molecule has 0 aliphatic rings. The van der Waals surface area contributed by atoms with Gasteiger partial charge in [-0.1, -0.05) is 5.92 Å². The summed E-state index contributed by atoms with van der Waals surface area (Å²) in [6.45, 7) is 5.16. The second-order valence-electron chi connectivity index (χ2n) is 3.71. The summed E-state index contributed by atoms with van der Waals surface area (Å²) >= 11 is 0. The van der Waals surface area contributed by atoms with Gasteiger partial charge in [0, 0.05) is 12.1 Å². The molecule has 4 nitrogen and oxygen atoms in total. The summed E-state index contributed by atoms with van der Waals surface area (Å²) in [6, 6.07) is 5.02. The molecule has 0 fully saturated rings. The number of nitrogens with two attached hydrogens (primary N) is 1. The van der Waals surface area contributed by atoms with Crippen molar-refractivity contribution in [1.29, 1.82) is 0 Å². The lowest BCUT2D eigenvalue weighted by Crippen LogP contribution is -2.31. The second kappa shape index (κ2) is 6.55. The number of hydrogen-bond acceptors (Lipinski definition) is 3. The fraction of sp³-hybridized carbons (Fsp3) is 0.357. The van der Waals surface area contributed by atoms with Crippen molar-refractivity contribution in [1.82, 2.24) is 4.90 Å². The number of anilines is 1. The van der Waals surface area contributed by atoms with Crippen LogP contribution >= 0.6 is 0 Å². The van der Waals surface area contributed by atoms with Gasteiger partial charge in [0.05, 0.1) is 18.8 Å². The predicted molar refractivity (Wildman–Crippen MR) is 72.4 cm³/mol. The van der Waals surface area contributed by atoms with E-state index in [2.05, 4.69) is 5.92 Å². The van der Waals surface area contributed by atoms with Crippen LogP contribution in [0.3, 0.4) is 0 Å². The lowest BCUT2D eigenvalue weighted by atomic mass is 10.1.